The summed E-state index contributed by atoms with van der Waals surface area (Å²) >= 11 is 6.18. The quantitative estimate of drug-likeness (QED) is 0.588. The predicted octanol–water partition coefficient (Wildman–Crippen LogP) is 4.14. The number of anilines is 1. The molecule has 4 rings (SSSR count). The van der Waals surface area contributed by atoms with Crippen LogP contribution >= 0.6 is 11.6 Å². The fourth-order valence-electron chi connectivity index (χ4n) is 3.61. The van der Waals surface area contributed by atoms with Crippen molar-refractivity contribution in [3.8, 4) is 17.2 Å². The van der Waals surface area contributed by atoms with E-state index in [2.05, 4.69) is 15.4 Å². The molecule has 1 aliphatic rings. The summed E-state index contributed by atoms with van der Waals surface area (Å²) in [6.45, 7) is 0.936. The van der Waals surface area contributed by atoms with Crippen molar-refractivity contribution in [3.63, 3.8) is 0 Å². The van der Waals surface area contributed by atoms with Gasteiger partial charge in [-0.2, -0.15) is 5.10 Å². The molecule has 1 aliphatic heterocycles. The van der Waals surface area contributed by atoms with Crippen LogP contribution in [0.15, 0.2) is 55.1 Å². The van der Waals surface area contributed by atoms with E-state index in [1.54, 1.807) is 23.1 Å². The van der Waals surface area contributed by atoms with Crippen LogP contribution in [0.2, 0.25) is 5.02 Å². The Morgan fingerprint density at radius 1 is 1.06 bits per heavy atom. The summed E-state index contributed by atoms with van der Waals surface area (Å²) in [5, 5.41) is 7.27. The van der Waals surface area contributed by atoms with Gasteiger partial charge in [0.05, 0.1) is 18.8 Å². The minimum absolute atomic E-state index is 0.0173. The summed E-state index contributed by atoms with van der Waals surface area (Å²) in [5.74, 6) is 1.03. The molecule has 0 saturated heterocycles. The number of fused-ring (bicyclic) bond motifs is 2. The lowest BCUT2D eigenvalue weighted by molar-refractivity contribution is -0.135. The molecular formula is C24H26ClN5O4. The van der Waals surface area contributed by atoms with Gasteiger partial charge in [-0.25, -0.2) is 9.67 Å². The van der Waals surface area contributed by atoms with E-state index in [1.807, 2.05) is 24.3 Å². The first-order valence-electron chi connectivity index (χ1n) is 11.2. The molecule has 2 amide bonds. The number of amides is 2. The number of halogens is 1. The van der Waals surface area contributed by atoms with Gasteiger partial charge in [-0.15, -0.1) is 0 Å². The Bertz CT molecular complexity index is 1120. The summed E-state index contributed by atoms with van der Waals surface area (Å²) < 4.78 is 13.5. The lowest BCUT2D eigenvalue weighted by Gasteiger charge is -2.23. The van der Waals surface area contributed by atoms with Gasteiger partial charge in [0.2, 0.25) is 11.8 Å². The molecule has 1 aromatic heterocycles. The van der Waals surface area contributed by atoms with Crippen molar-refractivity contribution >= 4 is 29.1 Å². The van der Waals surface area contributed by atoms with Crippen LogP contribution in [-0.4, -0.2) is 51.2 Å². The van der Waals surface area contributed by atoms with Gasteiger partial charge in [0.1, 0.15) is 19.2 Å². The molecule has 3 aromatic rings. The molecule has 2 heterocycles. The van der Waals surface area contributed by atoms with Gasteiger partial charge in [-0.1, -0.05) is 36.6 Å². The van der Waals surface area contributed by atoms with Crippen LogP contribution in [-0.2, 0) is 16.1 Å². The molecule has 178 valence electrons. The van der Waals surface area contributed by atoms with Crippen LogP contribution in [0.4, 0.5) is 5.69 Å². The van der Waals surface area contributed by atoms with Gasteiger partial charge in [0, 0.05) is 11.6 Å². The van der Waals surface area contributed by atoms with Crippen molar-refractivity contribution in [3.05, 3.63) is 60.1 Å². The van der Waals surface area contributed by atoms with E-state index in [-0.39, 0.29) is 24.9 Å². The van der Waals surface area contributed by atoms with Crippen molar-refractivity contribution in [1.29, 1.82) is 0 Å². The smallest absolute Gasteiger partial charge is 0.244 e. The maximum atomic E-state index is 12.9. The van der Waals surface area contributed by atoms with Crippen molar-refractivity contribution in [1.82, 2.24) is 19.7 Å². The van der Waals surface area contributed by atoms with Gasteiger partial charge in [0.25, 0.3) is 0 Å². The average Bonchev–Trinajstić information content (AvgIpc) is 3.32. The van der Waals surface area contributed by atoms with Gasteiger partial charge in [-0.05, 0) is 43.2 Å². The average molecular weight is 484 g/mol. The molecule has 10 heteroatoms. The summed E-state index contributed by atoms with van der Waals surface area (Å²) in [5.41, 5.74) is 0.406. The molecule has 34 heavy (non-hydrogen) atoms. The molecule has 0 fully saturated rings. The molecule has 0 unspecified atom stereocenters. The van der Waals surface area contributed by atoms with E-state index in [0.717, 1.165) is 25.7 Å². The molecule has 0 atom stereocenters. The Hall–Kier alpha value is -3.59. The molecule has 0 spiro atoms. The van der Waals surface area contributed by atoms with Crippen LogP contribution in [0.1, 0.15) is 25.7 Å². The van der Waals surface area contributed by atoms with Crippen LogP contribution in [0.3, 0.4) is 0 Å². The summed E-state index contributed by atoms with van der Waals surface area (Å²) in [4.78, 5) is 31.2. The second kappa shape index (κ2) is 11.5. The lowest BCUT2D eigenvalue weighted by Crippen LogP contribution is -2.40. The first-order valence-corrected chi connectivity index (χ1v) is 11.6. The number of nitrogens with zero attached hydrogens (tertiary/aromatic N) is 4. The minimum atomic E-state index is -0.351. The second-order valence-electron chi connectivity index (χ2n) is 7.91. The van der Waals surface area contributed by atoms with Crippen molar-refractivity contribution in [2.45, 2.75) is 32.2 Å². The Morgan fingerprint density at radius 2 is 1.88 bits per heavy atom. The standard InChI is InChI=1S/C24H26ClN5O4/c25-18-9-10-20-19(13-18)28-23(31)14-29(24(32)15-30-17-26-16-27-30)11-5-1-2-6-12-33-21-7-3-4-8-22(21)34-20/h3-4,7-10,13,16-17H,1-2,5-6,11-12,14-15H2,(H,28,31). The van der Waals surface area contributed by atoms with Gasteiger partial charge < -0.3 is 19.7 Å². The minimum Gasteiger partial charge on any atom is -0.490 e. The lowest BCUT2D eigenvalue weighted by atomic mass is 10.2. The van der Waals surface area contributed by atoms with E-state index in [0.29, 0.717) is 41.1 Å². The zero-order chi connectivity index (χ0) is 23.8. The fraction of sp³-hybridized carbons (Fsp3) is 0.333. The highest BCUT2D eigenvalue weighted by molar-refractivity contribution is 6.31. The largest absolute Gasteiger partial charge is 0.490 e. The number of benzene rings is 2. The number of carbonyl (C=O) groups is 2. The molecule has 0 radical (unpaired) electrons. The molecule has 0 aliphatic carbocycles. The van der Waals surface area contributed by atoms with E-state index >= 15 is 0 Å². The third-order valence-electron chi connectivity index (χ3n) is 5.32. The molecule has 2 aromatic carbocycles. The van der Waals surface area contributed by atoms with Crippen molar-refractivity contribution < 1.29 is 19.1 Å². The normalized spacial score (nSPS) is 15.3. The van der Waals surface area contributed by atoms with E-state index in [4.69, 9.17) is 21.1 Å². The fourth-order valence-corrected chi connectivity index (χ4v) is 3.78. The van der Waals surface area contributed by atoms with E-state index in [1.165, 1.54) is 17.3 Å². The third-order valence-corrected chi connectivity index (χ3v) is 5.55. The van der Waals surface area contributed by atoms with Gasteiger partial charge in [-0.3, -0.25) is 9.59 Å². The monoisotopic (exact) mass is 483 g/mol. The number of hydrogen-bond donors (Lipinski definition) is 1. The zero-order valence-electron chi connectivity index (χ0n) is 18.7. The highest BCUT2D eigenvalue weighted by atomic mass is 35.5. The van der Waals surface area contributed by atoms with E-state index in [9.17, 15) is 9.59 Å². The van der Waals surface area contributed by atoms with E-state index < -0.39 is 0 Å². The number of rotatable bonds is 2. The van der Waals surface area contributed by atoms with Crippen LogP contribution in [0, 0.1) is 0 Å². The first-order chi connectivity index (χ1) is 16.6. The number of nitrogens with one attached hydrogen (secondary N) is 1. The second-order valence-corrected chi connectivity index (χ2v) is 8.34. The number of ether oxygens (including phenoxy) is 2. The Balaban J connectivity index is 1.56. The van der Waals surface area contributed by atoms with Gasteiger partial charge >= 0.3 is 0 Å². The molecule has 0 saturated carbocycles. The van der Waals surface area contributed by atoms with Crippen LogP contribution in [0.25, 0.3) is 0 Å². The maximum absolute atomic E-state index is 12.9. The molecular weight excluding hydrogens is 458 g/mol. The van der Waals surface area contributed by atoms with Crippen LogP contribution in [0.5, 0.6) is 17.2 Å². The topological polar surface area (TPSA) is 98.6 Å². The van der Waals surface area contributed by atoms with Crippen molar-refractivity contribution in [2.24, 2.45) is 0 Å². The molecule has 1 N–H and O–H groups in total. The van der Waals surface area contributed by atoms with Gasteiger partial charge in [0.15, 0.2) is 17.2 Å². The van der Waals surface area contributed by atoms with Crippen LogP contribution < -0.4 is 14.8 Å². The first kappa shape index (κ1) is 23.6. The zero-order valence-corrected chi connectivity index (χ0v) is 19.4. The Labute approximate surface area is 202 Å². The SMILES string of the molecule is O=C1CN(C(=O)Cn2cncn2)CCCCCCOc2ccccc2Oc2ccc(Cl)cc2N1. The molecule has 0 bridgehead atoms. The Kier molecular flexibility index (Phi) is 7.98. The van der Waals surface area contributed by atoms with Crippen molar-refractivity contribution in [2.75, 3.05) is 25.0 Å². The number of hydrogen-bond acceptors (Lipinski definition) is 6. The highest BCUT2D eigenvalue weighted by Crippen LogP contribution is 2.36. The summed E-state index contributed by atoms with van der Waals surface area (Å²) in [6.07, 6.45) is 6.35. The predicted molar refractivity (Wildman–Crippen MR) is 127 cm³/mol. The maximum Gasteiger partial charge on any atom is 0.244 e. The number of carbonyl (C=O) groups excluding carboxylic acids is 2. The highest BCUT2D eigenvalue weighted by Gasteiger charge is 2.20. The summed E-state index contributed by atoms with van der Waals surface area (Å²) in [6, 6.07) is 12.4. The third kappa shape index (κ3) is 6.48. The molecule has 9 nitrogen and oxygen atoms in total. The summed E-state index contributed by atoms with van der Waals surface area (Å²) in [7, 11) is 0. The number of para-hydroxylation sites is 2. The number of aromatic nitrogens is 3. The Morgan fingerprint density at radius 3 is 2.71 bits per heavy atom.